The molecule has 2 aliphatic rings. The van der Waals surface area contributed by atoms with Crippen molar-refractivity contribution < 1.29 is 40.7 Å². The zero-order valence-corrected chi connectivity index (χ0v) is 30.7. The SMILES string of the molecule is CCOC(=O)CC1CCC(C(=O)N2C(CC)C[C@@H](N(Cc3cc(C(F)(F)F)cc(C(F)(F)F)c3)c3ncc(Br)cn3)C[C@H]2Cc2ccccc2)CC1. The Morgan fingerprint density at radius 1 is 0.865 bits per heavy atom. The van der Waals surface area contributed by atoms with E-state index in [1.165, 1.54) is 12.4 Å². The molecule has 5 rings (SSSR count). The highest BCUT2D eigenvalue weighted by Crippen LogP contribution is 2.40. The topological polar surface area (TPSA) is 75.6 Å². The highest BCUT2D eigenvalue weighted by molar-refractivity contribution is 9.10. The van der Waals surface area contributed by atoms with Crippen molar-refractivity contribution in [2.45, 2.75) is 109 Å². The summed E-state index contributed by atoms with van der Waals surface area (Å²) in [7, 11) is 0. The first-order valence-electron chi connectivity index (χ1n) is 17.7. The minimum Gasteiger partial charge on any atom is -0.466 e. The number of carbonyl (C=O) groups is 2. The number of rotatable bonds is 11. The molecule has 52 heavy (non-hydrogen) atoms. The van der Waals surface area contributed by atoms with Crippen molar-refractivity contribution in [1.82, 2.24) is 14.9 Å². The number of amides is 1. The fraction of sp³-hybridized carbons (Fsp3) is 0.526. The Balaban J connectivity index is 1.48. The second-order valence-electron chi connectivity index (χ2n) is 13.7. The Labute approximate surface area is 308 Å². The van der Waals surface area contributed by atoms with Crippen molar-refractivity contribution in [2.24, 2.45) is 11.8 Å². The first-order valence-corrected chi connectivity index (χ1v) is 18.5. The third kappa shape index (κ3) is 10.0. The third-order valence-electron chi connectivity index (χ3n) is 10.2. The number of benzene rings is 2. The maximum Gasteiger partial charge on any atom is 0.416 e. The lowest BCUT2D eigenvalue weighted by Gasteiger charge is -2.49. The summed E-state index contributed by atoms with van der Waals surface area (Å²) in [6.07, 6.45) is -2.03. The highest BCUT2D eigenvalue weighted by Gasteiger charge is 2.43. The Hall–Kier alpha value is -3.68. The van der Waals surface area contributed by atoms with Crippen molar-refractivity contribution in [3.05, 3.63) is 87.7 Å². The maximum absolute atomic E-state index is 14.5. The molecule has 3 aromatic rings. The van der Waals surface area contributed by atoms with E-state index >= 15 is 0 Å². The molecule has 0 bridgehead atoms. The fourth-order valence-electron chi connectivity index (χ4n) is 7.70. The van der Waals surface area contributed by atoms with Gasteiger partial charge in [0, 0.05) is 49.4 Å². The molecule has 1 aliphatic carbocycles. The van der Waals surface area contributed by atoms with Gasteiger partial charge in [-0.15, -0.1) is 0 Å². The molecular weight excluding hydrogens is 754 g/mol. The van der Waals surface area contributed by atoms with E-state index in [0.717, 1.165) is 30.5 Å². The molecule has 0 N–H and O–H groups in total. The normalized spacial score (nSPS) is 22.6. The van der Waals surface area contributed by atoms with Crippen LogP contribution in [0.25, 0.3) is 0 Å². The number of ether oxygens (including phenoxy) is 1. The Bertz CT molecular complexity index is 1620. The van der Waals surface area contributed by atoms with E-state index in [0.29, 0.717) is 56.0 Å². The summed E-state index contributed by atoms with van der Waals surface area (Å²) in [5.41, 5.74) is -1.96. The van der Waals surface area contributed by atoms with E-state index in [4.69, 9.17) is 4.74 Å². The summed E-state index contributed by atoms with van der Waals surface area (Å²) < 4.78 is 88.9. The van der Waals surface area contributed by atoms with E-state index in [9.17, 15) is 35.9 Å². The molecule has 1 aromatic heterocycles. The lowest BCUT2D eigenvalue weighted by molar-refractivity contribution is -0.146. The molecule has 14 heteroatoms. The summed E-state index contributed by atoms with van der Waals surface area (Å²) >= 11 is 3.31. The van der Waals surface area contributed by atoms with Gasteiger partial charge in [-0.05, 0) is 109 Å². The molecule has 2 aromatic carbocycles. The lowest BCUT2D eigenvalue weighted by Crippen LogP contribution is -2.59. The number of anilines is 1. The van der Waals surface area contributed by atoms with Crippen molar-refractivity contribution in [1.29, 1.82) is 0 Å². The van der Waals surface area contributed by atoms with Crippen LogP contribution in [0.5, 0.6) is 0 Å². The number of aromatic nitrogens is 2. The van der Waals surface area contributed by atoms with Gasteiger partial charge >= 0.3 is 18.3 Å². The molecular formula is C38H43BrF6N4O3. The molecule has 2 fully saturated rings. The van der Waals surface area contributed by atoms with E-state index in [1.807, 2.05) is 42.2 Å². The summed E-state index contributed by atoms with van der Waals surface area (Å²) in [4.78, 5) is 39.1. The van der Waals surface area contributed by atoms with Gasteiger partial charge in [-0.1, -0.05) is 37.3 Å². The largest absolute Gasteiger partial charge is 0.466 e. The van der Waals surface area contributed by atoms with Gasteiger partial charge in [0.2, 0.25) is 11.9 Å². The van der Waals surface area contributed by atoms with Crippen LogP contribution in [0.15, 0.2) is 65.4 Å². The summed E-state index contributed by atoms with van der Waals surface area (Å²) in [5, 5.41) is 0. The summed E-state index contributed by atoms with van der Waals surface area (Å²) in [5.74, 6) is -0.0947. The van der Waals surface area contributed by atoms with Gasteiger partial charge in [0.05, 0.1) is 22.2 Å². The molecule has 1 aliphatic heterocycles. The number of carbonyl (C=O) groups excluding carboxylic acids is 2. The van der Waals surface area contributed by atoms with Crippen molar-refractivity contribution in [3.63, 3.8) is 0 Å². The second kappa shape index (κ2) is 17.0. The highest BCUT2D eigenvalue weighted by atomic mass is 79.9. The minimum absolute atomic E-state index is 0.0416. The van der Waals surface area contributed by atoms with Crippen LogP contribution in [-0.4, -0.2) is 51.5 Å². The van der Waals surface area contributed by atoms with Crippen molar-refractivity contribution in [3.8, 4) is 0 Å². The molecule has 282 valence electrons. The first kappa shape index (κ1) is 39.5. The molecule has 7 nitrogen and oxygen atoms in total. The fourth-order valence-corrected chi connectivity index (χ4v) is 7.90. The van der Waals surface area contributed by atoms with E-state index in [2.05, 4.69) is 25.9 Å². The van der Waals surface area contributed by atoms with Crippen LogP contribution in [0.2, 0.25) is 0 Å². The molecule has 1 saturated heterocycles. The second-order valence-corrected chi connectivity index (χ2v) is 14.7. The van der Waals surface area contributed by atoms with Crippen LogP contribution in [0.3, 0.4) is 0 Å². The van der Waals surface area contributed by atoms with Crippen LogP contribution in [-0.2, 0) is 39.6 Å². The number of hydrogen-bond acceptors (Lipinski definition) is 6. The van der Waals surface area contributed by atoms with Crippen LogP contribution in [0, 0.1) is 11.8 Å². The molecule has 3 atom stereocenters. The van der Waals surface area contributed by atoms with Gasteiger partial charge < -0.3 is 14.5 Å². The smallest absolute Gasteiger partial charge is 0.416 e. The average Bonchev–Trinajstić information content (AvgIpc) is 3.10. The maximum atomic E-state index is 14.5. The minimum atomic E-state index is -4.99. The van der Waals surface area contributed by atoms with Crippen LogP contribution in [0.4, 0.5) is 32.3 Å². The van der Waals surface area contributed by atoms with E-state index in [1.54, 1.807) is 11.8 Å². The first-order chi connectivity index (χ1) is 24.7. The molecule has 1 saturated carbocycles. The van der Waals surface area contributed by atoms with E-state index in [-0.39, 0.29) is 59.9 Å². The van der Waals surface area contributed by atoms with Crippen LogP contribution < -0.4 is 4.90 Å². The number of halogens is 7. The zero-order valence-electron chi connectivity index (χ0n) is 29.1. The summed E-state index contributed by atoms with van der Waals surface area (Å²) in [6.45, 7) is 3.76. The quantitative estimate of drug-likeness (QED) is 0.142. The predicted octanol–water partition coefficient (Wildman–Crippen LogP) is 9.42. The Morgan fingerprint density at radius 3 is 2.02 bits per heavy atom. The average molecular weight is 798 g/mol. The molecule has 1 unspecified atom stereocenters. The molecule has 0 radical (unpaired) electrons. The van der Waals surface area contributed by atoms with Crippen molar-refractivity contribution in [2.75, 3.05) is 11.5 Å². The van der Waals surface area contributed by atoms with Crippen molar-refractivity contribution >= 4 is 33.8 Å². The molecule has 0 spiro atoms. The van der Waals surface area contributed by atoms with E-state index < -0.39 is 29.5 Å². The number of hydrogen-bond donors (Lipinski definition) is 0. The zero-order chi connectivity index (χ0) is 37.6. The predicted molar refractivity (Wildman–Crippen MR) is 187 cm³/mol. The van der Waals surface area contributed by atoms with Gasteiger partial charge in [-0.25, -0.2) is 9.97 Å². The van der Waals surface area contributed by atoms with Crippen LogP contribution in [0.1, 0.15) is 87.5 Å². The van der Waals surface area contributed by atoms with Gasteiger partial charge in [-0.3, -0.25) is 9.59 Å². The van der Waals surface area contributed by atoms with Gasteiger partial charge in [-0.2, -0.15) is 26.3 Å². The van der Waals surface area contributed by atoms with Gasteiger partial charge in [0.1, 0.15) is 0 Å². The number of piperidine rings is 1. The number of likely N-dealkylation sites (tertiary alicyclic amines) is 1. The number of nitrogens with zero attached hydrogens (tertiary/aromatic N) is 4. The third-order valence-corrected chi connectivity index (χ3v) is 10.6. The molecule has 2 heterocycles. The van der Waals surface area contributed by atoms with Gasteiger partial charge in [0.15, 0.2) is 0 Å². The monoisotopic (exact) mass is 796 g/mol. The standard InChI is InChI=1S/C38H43BrF6N4O3/c1-3-31-19-32(48(36-46-21-30(39)22-47-36)23-26-14-28(37(40,41)42)18-29(15-26)38(43,44)45)20-33(16-24-8-6-5-7-9-24)49(31)35(51)27-12-10-25(11-13-27)17-34(50)52-4-2/h5-9,14-15,18,21-22,25,27,31-33H,3-4,10-13,16-17,19-20,23H2,1-2H3/t25?,27?,31?,32-,33-/m1/s1. The number of esters is 1. The Morgan fingerprint density at radius 2 is 1.46 bits per heavy atom. The molecule has 1 amide bonds. The number of alkyl halides is 6. The Kier molecular flexibility index (Phi) is 12.9. The summed E-state index contributed by atoms with van der Waals surface area (Å²) in [6, 6.07) is 10.3. The van der Waals surface area contributed by atoms with Gasteiger partial charge in [0.25, 0.3) is 0 Å². The van der Waals surface area contributed by atoms with Crippen LogP contribution >= 0.6 is 15.9 Å². The lowest BCUT2D eigenvalue weighted by atomic mass is 9.78.